The predicted molar refractivity (Wildman–Crippen MR) is 185 cm³/mol. The lowest BCUT2D eigenvalue weighted by Crippen LogP contribution is -2.62. The second kappa shape index (κ2) is 15.3. The van der Waals surface area contributed by atoms with E-state index < -0.39 is 29.6 Å². The standard InChI is InChI=1S/C39H66N2O7/c1-5-6-10-30(36(48)40-23-39(22-34(46)47)16-8-7-9-17-39)41-33(45)14-11-24(2)27-12-13-28-35-29(21-32(44)38(27,28)4)37(3)18-15-26(42)19-25(37)20-31(35)43/h24-32,35,42-44H,5-23H2,1-4H3,(H,40,48)(H,41,45)(H,46,47)/t24-,25?,26-,27?,28?,29?,30?,31-,32+,35?,37?,38?/m1/s1. The fourth-order valence-electron chi connectivity index (χ4n) is 12.1. The van der Waals surface area contributed by atoms with Gasteiger partial charge < -0.3 is 31.1 Å². The molecule has 0 aliphatic heterocycles. The monoisotopic (exact) mass is 674 g/mol. The molecule has 8 unspecified atom stereocenters. The van der Waals surface area contributed by atoms with E-state index in [1.54, 1.807) is 0 Å². The van der Waals surface area contributed by atoms with Gasteiger partial charge >= 0.3 is 5.97 Å². The second-order valence-corrected chi connectivity index (χ2v) is 17.7. The van der Waals surface area contributed by atoms with Gasteiger partial charge in [-0.15, -0.1) is 0 Å². The first-order chi connectivity index (χ1) is 22.7. The minimum atomic E-state index is -0.832. The SMILES string of the molecule is CCCCC(NC(=O)CC[C@@H](C)C1CCC2C3C(C[C@H](O)C21C)C1(C)CC[C@@H](O)CC1C[C@H]3O)C(=O)NCC1(CC(=O)O)CCCCC1. The van der Waals surface area contributed by atoms with E-state index in [1.165, 1.54) is 0 Å². The zero-order valence-corrected chi connectivity index (χ0v) is 30.2. The molecule has 0 spiro atoms. The van der Waals surface area contributed by atoms with Gasteiger partial charge in [0.15, 0.2) is 0 Å². The summed E-state index contributed by atoms with van der Waals surface area (Å²) in [6.45, 7) is 9.19. The number of hydrogen-bond acceptors (Lipinski definition) is 6. The maximum absolute atomic E-state index is 13.4. The Morgan fingerprint density at radius 3 is 2.31 bits per heavy atom. The van der Waals surface area contributed by atoms with Crippen molar-refractivity contribution in [3.8, 4) is 0 Å². The van der Waals surface area contributed by atoms with E-state index in [2.05, 4.69) is 38.3 Å². The quantitative estimate of drug-likeness (QED) is 0.149. The van der Waals surface area contributed by atoms with Gasteiger partial charge in [0.25, 0.3) is 0 Å². The summed E-state index contributed by atoms with van der Waals surface area (Å²) < 4.78 is 0. The Bertz CT molecular complexity index is 1140. The average molecular weight is 675 g/mol. The van der Waals surface area contributed by atoms with Crippen molar-refractivity contribution in [2.24, 2.45) is 51.8 Å². The minimum absolute atomic E-state index is 0.0427. The molecule has 2 amide bonds. The number of carbonyl (C=O) groups excluding carboxylic acids is 2. The first-order valence-electron chi connectivity index (χ1n) is 19.6. The number of nitrogens with one attached hydrogen (secondary N) is 2. The normalized spacial score (nSPS) is 40.1. The summed E-state index contributed by atoms with van der Waals surface area (Å²) in [5, 5.41) is 49.5. The molecule has 12 atom stereocenters. The van der Waals surface area contributed by atoms with Crippen LogP contribution in [0.1, 0.15) is 143 Å². The van der Waals surface area contributed by atoms with Crippen LogP contribution in [-0.2, 0) is 14.4 Å². The van der Waals surface area contributed by atoms with E-state index in [0.29, 0.717) is 38.1 Å². The molecule has 9 heteroatoms. The Morgan fingerprint density at radius 1 is 0.896 bits per heavy atom. The lowest BCUT2D eigenvalue weighted by atomic mass is 9.43. The van der Waals surface area contributed by atoms with Gasteiger partial charge in [0.1, 0.15) is 6.04 Å². The number of rotatable bonds is 13. The van der Waals surface area contributed by atoms with E-state index in [9.17, 15) is 34.8 Å². The Kier molecular flexibility index (Phi) is 11.9. The maximum Gasteiger partial charge on any atom is 0.303 e. The number of carboxylic acid groups (broad SMARTS) is 1. The van der Waals surface area contributed by atoms with Crippen LogP contribution in [0.5, 0.6) is 0 Å². The number of amides is 2. The Morgan fingerprint density at radius 2 is 1.62 bits per heavy atom. The summed E-state index contributed by atoms with van der Waals surface area (Å²) >= 11 is 0. The van der Waals surface area contributed by atoms with Crippen molar-refractivity contribution >= 4 is 17.8 Å². The molecule has 5 fully saturated rings. The molecule has 0 heterocycles. The fraction of sp³-hybridized carbons (Fsp3) is 0.923. The third kappa shape index (κ3) is 7.49. The number of aliphatic hydroxyl groups excluding tert-OH is 3. The number of hydrogen-bond donors (Lipinski definition) is 6. The lowest BCUT2D eigenvalue weighted by molar-refractivity contribution is -0.207. The van der Waals surface area contributed by atoms with Gasteiger partial charge in [0, 0.05) is 13.0 Å². The Labute approximate surface area is 288 Å². The summed E-state index contributed by atoms with van der Waals surface area (Å²) in [6.07, 6.45) is 12.7. The van der Waals surface area contributed by atoms with Crippen LogP contribution in [0.3, 0.4) is 0 Å². The number of carboxylic acids is 1. The van der Waals surface area contributed by atoms with E-state index in [1.807, 2.05) is 0 Å². The largest absolute Gasteiger partial charge is 0.481 e. The van der Waals surface area contributed by atoms with Gasteiger partial charge in [0.05, 0.1) is 24.7 Å². The van der Waals surface area contributed by atoms with Crippen molar-refractivity contribution < 1.29 is 34.8 Å². The summed E-state index contributed by atoms with van der Waals surface area (Å²) in [5.74, 6) is 0.219. The van der Waals surface area contributed by atoms with Crippen LogP contribution in [-0.4, -0.2) is 69.1 Å². The summed E-state index contributed by atoms with van der Waals surface area (Å²) in [7, 11) is 0. The highest BCUT2D eigenvalue weighted by atomic mass is 16.4. The van der Waals surface area contributed by atoms with Crippen molar-refractivity contribution in [3.05, 3.63) is 0 Å². The summed E-state index contributed by atoms with van der Waals surface area (Å²) in [6, 6.07) is -0.636. The van der Waals surface area contributed by atoms with Crippen molar-refractivity contribution in [1.29, 1.82) is 0 Å². The molecule has 0 bridgehead atoms. The molecule has 9 nitrogen and oxygen atoms in total. The Balaban J connectivity index is 1.18. The summed E-state index contributed by atoms with van der Waals surface area (Å²) in [5.41, 5.74) is -0.690. The highest BCUT2D eigenvalue weighted by Crippen LogP contribution is 2.68. The lowest BCUT2D eigenvalue weighted by Gasteiger charge is -2.63. The van der Waals surface area contributed by atoms with E-state index in [-0.39, 0.29) is 64.8 Å². The number of fused-ring (bicyclic) bond motifs is 5. The van der Waals surface area contributed by atoms with E-state index >= 15 is 0 Å². The molecule has 5 aliphatic rings. The van der Waals surface area contributed by atoms with Crippen LogP contribution < -0.4 is 10.6 Å². The molecule has 5 rings (SSSR count). The first kappa shape index (κ1) is 37.5. The van der Waals surface area contributed by atoms with Gasteiger partial charge in [-0.25, -0.2) is 0 Å². The molecule has 274 valence electrons. The van der Waals surface area contributed by atoms with Crippen LogP contribution in [0.15, 0.2) is 0 Å². The molecule has 0 aromatic carbocycles. The van der Waals surface area contributed by atoms with Crippen LogP contribution in [0.4, 0.5) is 0 Å². The highest BCUT2D eigenvalue weighted by molar-refractivity contribution is 5.87. The molecule has 6 N–H and O–H groups in total. The first-order valence-corrected chi connectivity index (χ1v) is 19.6. The summed E-state index contributed by atoms with van der Waals surface area (Å²) in [4.78, 5) is 38.3. The fourth-order valence-corrected chi connectivity index (χ4v) is 12.1. The van der Waals surface area contributed by atoms with Gasteiger partial charge in [0.2, 0.25) is 11.8 Å². The van der Waals surface area contributed by atoms with Crippen LogP contribution in [0.25, 0.3) is 0 Å². The van der Waals surface area contributed by atoms with Crippen molar-refractivity contribution in [3.63, 3.8) is 0 Å². The average Bonchev–Trinajstić information content (AvgIpc) is 3.40. The molecule has 0 radical (unpaired) electrons. The van der Waals surface area contributed by atoms with Crippen LogP contribution in [0, 0.1) is 51.8 Å². The number of aliphatic carboxylic acids is 1. The number of carbonyl (C=O) groups is 3. The third-order valence-electron chi connectivity index (χ3n) is 14.9. The van der Waals surface area contributed by atoms with Gasteiger partial charge in [-0.3, -0.25) is 14.4 Å². The molecule has 5 aliphatic carbocycles. The molecular weight excluding hydrogens is 608 g/mol. The van der Waals surface area contributed by atoms with Gasteiger partial charge in [-0.2, -0.15) is 0 Å². The van der Waals surface area contributed by atoms with Crippen LogP contribution >= 0.6 is 0 Å². The number of aliphatic hydroxyl groups is 3. The highest BCUT2D eigenvalue weighted by Gasteiger charge is 2.65. The smallest absolute Gasteiger partial charge is 0.303 e. The van der Waals surface area contributed by atoms with Crippen LogP contribution in [0.2, 0.25) is 0 Å². The van der Waals surface area contributed by atoms with Gasteiger partial charge in [-0.1, -0.05) is 59.8 Å². The molecule has 48 heavy (non-hydrogen) atoms. The minimum Gasteiger partial charge on any atom is -0.481 e. The molecular formula is C39H66N2O7. The Hall–Kier alpha value is -1.71. The second-order valence-electron chi connectivity index (χ2n) is 17.7. The maximum atomic E-state index is 13.4. The van der Waals surface area contributed by atoms with Crippen molar-refractivity contribution in [2.75, 3.05) is 6.54 Å². The third-order valence-corrected chi connectivity index (χ3v) is 14.9. The molecule has 5 saturated carbocycles. The number of unbranched alkanes of at least 4 members (excludes halogenated alkanes) is 1. The zero-order valence-electron chi connectivity index (χ0n) is 30.2. The van der Waals surface area contributed by atoms with Crippen molar-refractivity contribution in [2.45, 2.75) is 168 Å². The molecule has 0 saturated heterocycles. The van der Waals surface area contributed by atoms with Crippen molar-refractivity contribution in [1.82, 2.24) is 10.6 Å². The zero-order chi connectivity index (χ0) is 34.9. The molecule has 0 aromatic heterocycles. The topological polar surface area (TPSA) is 156 Å². The predicted octanol–water partition coefficient (Wildman–Crippen LogP) is 5.58. The molecule has 0 aromatic rings. The van der Waals surface area contributed by atoms with E-state index in [0.717, 1.165) is 83.5 Å². The van der Waals surface area contributed by atoms with Gasteiger partial charge in [-0.05, 0) is 122 Å². The van der Waals surface area contributed by atoms with E-state index in [4.69, 9.17) is 0 Å².